The molecule has 2 aliphatic heterocycles. The van der Waals surface area contributed by atoms with Gasteiger partial charge in [0.15, 0.2) is 6.23 Å². The predicted molar refractivity (Wildman–Crippen MR) is 63.3 cm³/mol. The summed E-state index contributed by atoms with van der Waals surface area (Å²) in [5, 5.41) is 19.4. The Labute approximate surface area is 108 Å². The average Bonchev–Trinajstić information content (AvgIpc) is 2.85. The summed E-state index contributed by atoms with van der Waals surface area (Å²) in [5.41, 5.74) is 4.44. The van der Waals surface area contributed by atoms with Gasteiger partial charge in [-0.15, -0.1) is 0 Å². The number of nitrogens with two attached hydrogens (primary N) is 1. The molecule has 0 radical (unpaired) electrons. The van der Waals surface area contributed by atoms with Crippen molar-refractivity contribution in [1.29, 1.82) is 0 Å². The monoisotopic (exact) mass is 269 g/mol. The topological polar surface area (TPSA) is 120 Å². The third kappa shape index (κ3) is 1.61. The molecule has 19 heavy (non-hydrogen) atoms. The van der Waals surface area contributed by atoms with Crippen molar-refractivity contribution < 1.29 is 19.7 Å². The van der Waals surface area contributed by atoms with Crippen molar-refractivity contribution in [3.05, 3.63) is 22.2 Å². The van der Waals surface area contributed by atoms with Gasteiger partial charge >= 0.3 is 5.69 Å². The van der Waals surface area contributed by atoms with Crippen LogP contribution >= 0.6 is 0 Å². The molecule has 8 nitrogen and oxygen atoms in total. The molecule has 0 aromatic carbocycles. The number of aliphatic hydroxyl groups excluding tert-OH is 2. The molecule has 0 unspecified atom stereocenters. The molecule has 2 fully saturated rings. The number of nitrogen functional groups attached to an aromatic ring is 1. The molecule has 0 saturated carbocycles. The van der Waals surface area contributed by atoms with Crippen molar-refractivity contribution in [1.82, 2.24) is 9.55 Å². The molecule has 1 aromatic rings. The van der Waals surface area contributed by atoms with E-state index in [0.717, 1.165) is 0 Å². The van der Waals surface area contributed by atoms with Gasteiger partial charge in [-0.25, -0.2) is 4.79 Å². The van der Waals surface area contributed by atoms with E-state index in [2.05, 4.69) is 4.98 Å². The summed E-state index contributed by atoms with van der Waals surface area (Å²) in [6, 6.07) is 0. The minimum Gasteiger partial charge on any atom is -0.393 e. The zero-order valence-corrected chi connectivity index (χ0v) is 10.3. The second-order valence-electron chi connectivity index (χ2n) is 4.95. The lowest BCUT2D eigenvalue weighted by Crippen LogP contribution is -2.44. The molecule has 1 aromatic heterocycles. The van der Waals surface area contributed by atoms with Crippen molar-refractivity contribution in [3.63, 3.8) is 0 Å². The van der Waals surface area contributed by atoms with E-state index in [1.807, 2.05) is 0 Å². The van der Waals surface area contributed by atoms with E-state index in [-0.39, 0.29) is 19.0 Å². The number of hydrogen-bond donors (Lipinski definition) is 3. The van der Waals surface area contributed by atoms with E-state index in [1.165, 1.54) is 10.8 Å². The van der Waals surface area contributed by atoms with Gasteiger partial charge < -0.3 is 25.4 Å². The van der Waals surface area contributed by atoms with E-state index in [0.29, 0.717) is 5.56 Å². The van der Waals surface area contributed by atoms with Gasteiger partial charge in [0.2, 0.25) is 0 Å². The van der Waals surface area contributed by atoms with Crippen molar-refractivity contribution in [2.45, 2.75) is 31.0 Å². The Bertz CT molecular complexity index is 574. The first kappa shape index (κ1) is 12.5. The fourth-order valence-electron chi connectivity index (χ4n) is 2.52. The zero-order chi connectivity index (χ0) is 13.8. The lowest BCUT2D eigenvalue weighted by Gasteiger charge is -2.29. The van der Waals surface area contributed by atoms with Gasteiger partial charge in [-0.2, -0.15) is 4.98 Å². The predicted octanol–water partition coefficient (Wildman–Crippen LogP) is -1.85. The maximum Gasteiger partial charge on any atom is 0.351 e. The van der Waals surface area contributed by atoms with E-state index >= 15 is 0 Å². The number of nitrogens with zero attached hydrogens (tertiary/aromatic N) is 2. The molecule has 0 spiro atoms. The summed E-state index contributed by atoms with van der Waals surface area (Å²) in [6.45, 7) is 1.43. The van der Waals surface area contributed by atoms with Gasteiger partial charge in [-0.3, -0.25) is 4.57 Å². The highest BCUT2D eigenvalue weighted by molar-refractivity contribution is 5.35. The molecule has 0 aliphatic carbocycles. The lowest BCUT2D eigenvalue weighted by atomic mass is 10.0. The van der Waals surface area contributed by atoms with E-state index in [9.17, 15) is 15.0 Å². The van der Waals surface area contributed by atoms with Gasteiger partial charge in [0.1, 0.15) is 23.6 Å². The molecule has 3 heterocycles. The van der Waals surface area contributed by atoms with Crippen LogP contribution in [0.1, 0.15) is 11.8 Å². The summed E-state index contributed by atoms with van der Waals surface area (Å²) >= 11 is 0. The minimum atomic E-state index is -1.16. The SMILES string of the molecule is Cc1cn([C@@H]2O[C@]3(CO)CO[C@H]2[C@H]3O)c(=O)nc1N. The quantitative estimate of drug-likeness (QED) is 0.576. The maximum atomic E-state index is 11.8. The van der Waals surface area contributed by atoms with Crippen LogP contribution in [0.25, 0.3) is 0 Å². The van der Waals surface area contributed by atoms with Gasteiger partial charge in [0.05, 0.1) is 13.2 Å². The van der Waals surface area contributed by atoms with Crippen LogP contribution in [0.4, 0.5) is 5.82 Å². The van der Waals surface area contributed by atoms with Crippen molar-refractivity contribution in [3.8, 4) is 0 Å². The Morgan fingerprint density at radius 3 is 3.05 bits per heavy atom. The molecule has 3 rings (SSSR count). The third-order valence-corrected chi connectivity index (χ3v) is 3.72. The summed E-state index contributed by atoms with van der Waals surface area (Å²) in [6.07, 6.45) is -0.978. The summed E-state index contributed by atoms with van der Waals surface area (Å²) in [4.78, 5) is 15.5. The van der Waals surface area contributed by atoms with Gasteiger partial charge in [0, 0.05) is 11.8 Å². The van der Waals surface area contributed by atoms with Crippen LogP contribution in [0.2, 0.25) is 0 Å². The minimum absolute atomic E-state index is 0.0992. The molecular weight excluding hydrogens is 254 g/mol. The van der Waals surface area contributed by atoms with Crippen LogP contribution < -0.4 is 11.4 Å². The van der Waals surface area contributed by atoms with Crippen LogP contribution in [0.15, 0.2) is 11.0 Å². The number of aromatic nitrogens is 2. The molecule has 0 amide bonds. The van der Waals surface area contributed by atoms with Crippen molar-refractivity contribution in [2.75, 3.05) is 18.9 Å². The largest absolute Gasteiger partial charge is 0.393 e. The molecule has 104 valence electrons. The number of aliphatic hydroxyl groups is 2. The normalized spacial score (nSPS) is 36.9. The molecule has 2 bridgehead atoms. The van der Waals surface area contributed by atoms with Crippen LogP contribution in [0, 0.1) is 6.92 Å². The molecule has 4 N–H and O–H groups in total. The maximum absolute atomic E-state index is 11.8. The second kappa shape index (κ2) is 4.01. The standard InChI is InChI=1S/C11H15N3O5/c1-5-2-14(10(17)13-8(5)12)9-6-7(16)11(3-15,19-9)4-18-6/h2,6-7,9,15-16H,3-4H2,1H3,(H2,12,13,17)/t6-,7+,9+,11+/m0/s1. The van der Waals surface area contributed by atoms with Gasteiger partial charge in [-0.1, -0.05) is 0 Å². The van der Waals surface area contributed by atoms with Crippen molar-refractivity contribution in [2.24, 2.45) is 0 Å². The lowest BCUT2D eigenvalue weighted by molar-refractivity contribution is -0.187. The number of rotatable bonds is 2. The van der Waals surface area contributed by atoms with Gasteiger partial charge in [0.25, 0.3) is 0 Å². The Morgan fingerprint density at radius 2 is 2.42 bits per heavy atom. The van der Waals surface area contributed by atoms with E-state index < -0.39 is 29.7 Å². The smallest absolute Gasteiger partial charge is 0.351 e. The number of hydrogen-bond acceptors (Lipinski definition) is 7. The first-order valence-corrected chi connectivity index (χ1v) is 5.92. The molecule has 4 atom stereocenters. The summed E-state index contributed by atoms with van der Waals surface area (Å²) < 4.78 is 12.3. The fraction of sp³-hybridized carbons (Fsp3) is 0.636. The van der Waals surface area contributed by atoms with Crippen LogP contribution in [-0.2, 0) is 9.47 Å². The number of aryl methyl sites for hydroxylation is 1. The Kier molecular flexibility index (Phi) is 2.65. The molecule has 8 heteroatoms. The van der Waals surface area contributed by atoms with Crippen LogP contribution in [0.5, 0.6) is 0 Å². The number of fused-ring (bicyclic) bond motifs is 2. The van der Waals surface area contributed by atoms with Crippen molar-refractivity contribution >= 4 is 5.82 Å². The molecular formula is C11H15N3O5. The molecule has 2 aliphatic rings. The molecule has 2 saturated heterocycles. The van der Waals surface area contributed by atoms with E-state index in [1.54, 1.807) is 6.92 Å². The summed E-state index contributed by atoms with van der Waals surface area (Å²) in [7, 11) is 0. The third-order valence-electron chi connectivity index (χ3n) is 3.72. The Morgan fingerprint density at radius 1 is 1.68 bits per heavy atom. The van der Waals surface area contributed by atoms with Crippen LogP contribution in [-0.4, -0.2) is 50.8 Å². The summed E-state index contributed by atoms with van der Waals surface area (Å²) in [5.74, 6) is 0.155. The first-order chi connectivity index (χ1) is 8.98. The highest BCUT2D eigenvalue weighted by Crippen LogP contribution is 2.44. The number of ether oxygens (including phenoxy) is 2. The Hall–Kier alpha value is -1.48. The highest BCUT2D eigenvalue weighted by Gasteiger charge is 2.61. The zero-order valence-electron chi connectivity index (χ0n) is 10.3. The van der Waals surface area contributed by atoms with Gasteiger partial charge in [-0.05, 0) is 6.92 Å². The van der Waals surface area contributed by atoms with E-state index in [4.69, 9.17) is 15.2 Å². The second-order valence-corrected chi connectivity index (χ2v) is 4.95. The average molecular weight is 269 g/mol. The fourth-order valence-corrected chi connectivity index (χ4v) is 2.52. The Balaban J connectivity index is 2.02. The van der Waals surface area contributed by atoms with Crippen LogP contribution in [0.3, 0.4) is 0 Å². The number of anilines is 1. The first-order valence-electron chi connectivity index (χ1n) is 5.92. The highest BCUT2D eigenvalue weighted by atomic mass is 16.7.